The van der Waals surface area contributed by atoms with Gasteiger partial charge in [-0.05, 0) is 38.0 Å². The van der Waals surface area contributed by atoms with Crippen molar-refractivity contribution in [3.05, 3.63) is 29.8 Å². The number of nitrogens with zero attached hydrogens (tertiary/aromatic N) is 1. The van der Waals surface area contributed by atoms with Crippen LogP contribution in [0.2, 0.25) is 0 Å². The van der Waals surface area contributed by atoms with Crippen LogP contribution in [0.15, 0.2) is 29.2 Å². The van der Waals surface area contributed by atoms with Crippen molar-refractivity contribution in [2.75, 3.05) is 20.2 Å². The third-order valence-corrected chi connectivity index (χ3v) is 5.05. The molecule has 1 atom stereocenters. The average molecular weight is 315 g/mol. The molecule has 5 nitrogen and oxygen atoms in total. The Kier molecular flexibility index (Phi) is 6.80. The molecule has 0 radical (unpaired) electrons. The van der Waals surface area contributed by atoms with E-state index in [1.54, 1.807) is 18.2 Å². The average Bonchev–Trinajstić information content (AvgIpc) is 2.46. The number of rotatable bonds is 8. The Balaban J connectivity index is 2.86. The molecular formula is C15H25NO4S. The number of aliphatic hydroxyl groups excluding tert-OH is 1. The van der Waals surface area contributed by atoms with Crippen molar-refractivity contribution in [2.24, 2.45) is 0 Å². The van der Waals surface area contributed by atoms with Crippen molar-refractivity contribution in [1.82, 2.24) is 4.31 Å². The lowest BCUT2D eigenvalue weighted by molar-refractivity contribution is 0.0737. The molecule has 0 fully saturated rings. The maximum atomic E-state index is 12.5. The lowest BCUT2D eigenvalue weighted by atomic mass is 10.1. The number of aliphatic hydroxyl groups is 1. The summed E-state index contributed by atoms with van der Waals surface area (Å²) in [6.07, 6.45) is -0.0273. The number of sulfonamides is 1. The van der Waals surface area contributed by atoms with Crippen LogP contribution >= 0.6 is 0 Å². The van der Waals surface area contributed by atoms with E-state index >= 15 is 0 Å². The highest BCUT2D eigenvalue weighted by atomic mass is 32.2. The molecule has 1 rings (SSSR count). The van der Waals surface area contributed by atoms with Crippen molar-refractivity contribution in [3.63, 3.8) is 0 Å². The number of hydrogen-bond donors (Lipinski definition) is 1. The van der Waals surface area contributed by atoms with Gasteiger partial charge in [-0.15, -0.1) is 0 Å². The number of ether oxygens (including phenoxy) is 1. The van der Waals surface area contributed by atoms with Crippen LogP contribution in [0, 0.1) is 0 Å². The first-order chi connectivity index (χ1) is 9.78. The van der Waals surface area contributed by atoms with Crippen molar-refractivity contribution >= 4 is 10.0 Å². The zero-order valence-electron chi connectivity index (χ0n) is 13.1. The lowest BCUT2D eigenvalue weighted by Crippen LogP contribution is -2.31. The Morgan fingerprint density at radius 1 is 1.33 bits per heavy atom. The number of benzene rings is 1. The predicted octanol–water partition coefficient (Wildman–Crippen LogP) is 2.18. The van der Waals surface area contributed by atoms with Gasteiger partial charge in [0.25, 0.3) is 0 Å². The summed E-state index contributed by atoms with van der Waals surface area (Å²) in [5.41, 5.74) is 0.616. The molecule has 0 aliphatic heterocycles. The molecule has 0 aliphatic carbocycles. The van der Waals surface area contributed by atoms with E-state index < -0.39 is 16.1 Å². The minimum absolute atomic E-state index is 0.0733. The van der Waals surface area contributed by atoms with E-state index in [2.05, 4.69) is 0 Å². The van der Waals surface area contributed by atoms with Gasteiger partial charge in [-0.2, -0.15) is 4.31 Å². The summed E-state index contributed by atoms with van der Waals surface area (Å²) in [6, 6.07) is 6.46. The maximum absolute atomic E-state index is 12.5. The maximum Gasteiger partial charge on any atom is 0.242 e. The minimum Gasteiger partial charge on any atom is -0.388 e. The largest absolute Gasteiger partial charge is 0.388 e. The quantitative estimate of drug-likeness (QED) is 0.798. The number of likely N-dealkylation sites (N-methyl/N-ethyl adjacent to an activating group) is 1. The van der Waals surface area contributed by atoms with Gasteiger partial charge in [0.1, 0.15) is 0 Å². The Bertz CT molecular complexity index is 542. The van der Waals surface area contributed by atoms with Gasteiger partial charge in [-0.25, -0.2) is 8.42 Å². The second-order valence-corrected chi connectivity index (χ2v) is 7.29. The summed E-state index contributed by atoms with van der Waals surface area (Å²) >= 11 is 0. The lowest BCUT2D eigenvalue weighted by Gasteiger charge is -2.19. The fourth-order valence-corrected chi connectivity index (χ4v) is 3.05. The van der Waals surface area contributed by atoms with E-state index in [9.17, 15) is 13.5 Å². The summed E-state index contributed by atoms with van der Waals surface area (Å²) in [5, 5.41) is 9.83. The summed E-state index contributed by atoms with van der Waals surface area (Å²) in [5.74, 6) is 0. The molecular weight excluding hydrogens is 290 g/mol. The number of hydrogen-bond acceptors (Lipinski definition) is 4. The zero-order valence-corrected chi connectivity index (χ0v) is 13.9. The predicted molar refractivity (Wildman–Crippen MR) is 82.6 cm³/mol. The summed E-state index contributed by atoms with van der Waals surface area (Å²) < 4.78 is 31.6. The molecule has 0 aliphatic rings. The standard InChI is InChI=1S/C15H25NO4S/c1-5-15(17)13-7-6-8-14(11-13)21(18,19)16(4)9-10-20-12(2)3/h6-8,11-12,15,17H,5,9-10H2,1-4H3. The monoisotopic (exact) mass is 315 g/mol. The first kappa shape index (κ1) is 18.1. The SMILES string of the molecule is CCC(O)c1cccc(S(=O)(=O)N(C)CCOC(C)C)c1. The Labute approximate surface area is 127 Å². The minimum atomic E-state index is -3.56. The van der Waals surface area contributed by atoms with Gasteiger partial charge in [-0.3, -0.25) is 0 Å². The second kappa shape index (κ2) is 7.89. The normalized spacial score (nSPS) is 13.9. The molecule has 6 heteroatoms. The first-order valence-corrected chi connectivity index (χ1v) is 8.59. The molecule has 0 bridgehead atoms. The van der Waals surface area contributed by atoms with Gasteiger partial charge in [0.15, 0.2) is 0 Å². The van der Waals surface area contributed by atoms with Crippen molar-refractivity contribution in [3.8, 4) is 0 Å². The Hall–Kier alpha value is -0.950. The van der Waals surface area contributed by atoms with Gasteiger partial charge in [-0.1, -0.05) is 19.1 Å². The molecule has 0 saturated carbocycles. The highest BCUT2D eigenvalue weighted by Gasteiger charge is 2.21. The molecule has 0 amide bonds. The van der Waals surface area contributed by atoms with Crippen LogP contribution in [0.3, 0.4) is 0 Å². The van der Waals surface area contributed by atoms with Crippen LogP contribution in [0.4, 0.5) is 0 Å². The molecule has 0 spiro atoms. The van der Waals surface area contributed by atoms with Crippen molar-refractivity contribution in [1.29, 1.82) is 0 Å². The highest BCUT2D eigenvalue weighted by molar-refractivity contribution is 7.89. The molecule has 21 heavy (non-hydrogen) atoms. The molecule has 1 aromatic carbocycles. The van der Waals surface area contributed by atoms with Gasteiger partial charge in [0.2, 0.25) is 10.0 Å². The molecule has 1 N–H and O–H groups in total. The van der Waals surface area contributed by atoms with Gasteiger partial charge in [0.05, 0.1) is 23.7 Å². The second-order valence-electron chi connectivity index (χ2n) is 5.24. The zero-order chi connectivity index (χ0) is 16.0. The molecule has 0 saturated heterocycles. The van der Waals surface area contributed by atoms with Gasteiger partial charge < -0.3 is 9.84 Å². The van der Waals surface area contributed by atoms with Crippen LogP contribution in [-0.4, -0.2) is 44.1 Å². The summed E-state index contributed by atoms with van der Waals surface area (Å²) in [6.45, 7) is 6.31. The van der Waals surface area contributed by atoms with Crippen molar-refractivity contribution in [2.45, 2.75) is 44.3 Å². The van der Waals surface area contributed by atoms with E-state index in [1.807, 2.05) is 20.8 Å². The fraction of sp³-hybridized carbons (Fsp3) is 0.600. The van der Waals surface area contributed by atoms with E-state index in [1.165, 1.54) is 17.4 Å². The van der Waals surface area contributed by atoms with E-state index in [4.69, 9.17) is 4.74 Å². The third-order valence-electron chi connectivity index (χ3n) is 3.20. The molecule has 1 aromatic rings. The molecule has 1 unspecified atom stereocenters. The highest BCUT2D eigenvalue weighted by Crippen LogP contribution is 2.21. The molecule has 0 aromatic heterocycles. The van der Waals surface area contributed by atoms with Crippen LogP contribution < -0.4 is 0 Å². The van der Waals surface area contributed by atoms with Crippen LogP contribution in [0.1, 0.15) is 38.9 Å². The van der Waals surface area contributed by atoms with Crippen LogP contribution in [0.25, 0.3) is 0 Å². The molecule has 0 heterocycles. The molecule has 120 valence electrons. The van der Waals surface area contributed by atoms with Crippen molar-refractivity contribution < 1.29 is 18.3 Å². The summed E-state index contributed by atoms with van der Waals surface area (Å²) in [7, 11) is -2.03. The smallest absolute Gasteiger partial charge is 0.242 e. The first-order valence-electron chi connectivity index (χ1n) is 7.15. The fourth-order valence-electron chi connectivity index (χ4n) is 1.84. The van der Waals surface area contributed by atoms with Crippen LogP contribution in [-0.2, 0) is 14.8 Å². The van der Waals surface area contributed by atoms with Crippen LogP contribution in [0.5, 0.6) is 0 Å². The van der Waals surface area contributed by atoms with E-state index in [0.29, 0.717) is 25.1 Å². The van der Waals surface area contributed by atoms with E-state index in [-0.39, 0.29) is 11.0 Å². The third kappa shape index (κ3) is 5.07. The summed E-state index contributed by atoms with van der Waals surface area (Å²) in [4.78, 5) is 0.194. The van der Waals surface area contributed by atoms with E-state index in [0.717, 1.165) is 0 Å². The van der Waals surface area contributed by atoms with Gasteiger partial charge >= 0.3 is 0 Å². The Morgan fingerprint density at radius 3 is 2.57 bits per heavy atom. The van der Waals surface area contributed by atoms with Gasteiger partial charge in [0, 0.05) is 13.6 Å². The topological polar surface area (TPSA) is 66.8 Å². The Morgan fingerprint density at radius 2 is 2.00 bits per heavy atom.